The van der Waals surface area contributed by atoms with Gasteiger partial charge in [-0.15, -0.1) is 0 Å². The van der Waals surface area contributed by atoms with Crippen molar-refractivity contribution in [1.29, 1.82) is 0 Å². The summed E-state index contributed by atoms with van der Waals surface area (Å²) >= 11 is 0. The molecule has 0 aliphatic carbocycles. The van der Waals surface area contributed by atoms with Gasteiger partial charge in [-0.2, -0.15) is 0 Å². The zero-order valence-corrected chi connectivity index (χ0v) is 11.8. The highest BCUT2D eigenvalue weighted by molar-refractivity contribution is 5.85. The number of aliphatic carboxylic acids is 1. The van der Waals surface area contributed by atoms with Gasteiger partial charge in [0.15, 0.2) is 0 Å². The molecule has 1 fully saturated rings. The van der Waals surface area contributed by atoms with Crippen LogP contribution in [0.3, 0.4) is 0 Å². The molecule has 1 N–H and O–H groups in total. The van der Waals surface area contributed by atoms with Crippen LogP contribution in [-0.4, -0.2) is 42.3 Å². The van der Waals surface area contributed by atoms with Gasteiger partial charge in [-0.25, -0.2) is 4.79 Å². The van der Waals surface area contributed by atoms with Crippen molar-refractivity contribution in [3.63, 3.8) is 0 Å². The van der Waals surface area contributed by atoms with Gasteiger partial charge >= 0.3 is 5.97 Å². The van der Waals surface area contributed by atoms with Crippen LogP contribution in [0.2, 0.25) is 0 Å². The lowest BCUT2D eigenvalue weighted by atomic mass is 10.1. The van der Waals surface area contributed by atoms with E-state index >= 15 is 0 Å². The minimum absolute atomic E-state index is 0.332. The number of piperidine rings is 1. The normalized spacial score (nSPS) is 20.4. The third kappa shape index (κ3) is 4.47. The number of nitrogens with zero attached hydrogens (tertiary/aromatic N) is 1. The summed E-state index contributed by atoms with van der Waals surface area (Å²) in [7, 11) is 1.77. The fourth-order valence-electron chi connectivity index (χ4n) is 2.57. The molecule has 1 aliphatic rings. The van der Waals surface area contributed by atoms with E-state index in [1.54, 1.807) is 13.2 Å². The predicted molar refractivity (Wildman–Crippen MR) is 78.4 cm³/mol. The van der Waals surface area contributed by atoms with Crippen LogP contribution >= 0.6 is 0 Å². The maximum absolute atomic E-state index is 10.5. The monoisotopic (exact) mass is 275 g/mol. The Balaban J connectivity index is 1.98. The smallest absolute Gasteiger partial charge is 0.328 e. The van der Waals surface area contributed by atoms with E-state index in [1.807, 2.05) is 18.2 Å². The van der Waals surface area contributed by atoms with Crippen LogP contribution in [0.4, 0.5) is 0 Å². The molecule has 1 aliphatic heterocycles. The number of methoxy groups -OCH3 is 1. The summed E-state index contributed by atoms with van der Waals surface area (Å²) in [4.78, 5) is 12.9. The topological polar surface area (TPSA) is 49.8 Å². The summed E-state index contributed by atoms with van der Waals surface area (Å²) in [6.07, 6.45) is 5.42. The molecule has 0 spiro atoms. The van der Waals surface area contributed by atoms with Crippen LogP contribution in [0.25, 0.3) is 6.08 Å². The van der Waals surface area contributed by atoms with Crippen molar-refractivity contribution in [2.45, 2.75) is 25.5 Å². The Hall–Kier alpha value is -1.65. The van der Waals surface area contributed by atoms with Crippen molar-refractivity contribution in [2.24, 2.45) is 0 Å². The maximum atomic E-state index is 10.5. The van der Waals surface area contributed by atoms with Gasteiger partial charge < -0.3 is 9.84 Å². The Kier molecular flexibility index (Phi) is 5.32. The number of carbonyl (C=O) groups is 1. The number of benzene rings is 1. The first kappa shape index (κ1) is 14.8. The molecule has 4 heteroatoms. The first-order valence-electron chi connectivity index (χ1n) is 6.92. The second kappa shape index (κ2) is 7.22. The molecule has 1 atom stereocenters. The van der Waals surface area contributed by atoms with Gasteiger partial charge in [0, 0.05) is 26.3 Å². The van der Waals surface area contributed by atoms with Gasteiger partial charge in [0.2, 0.25) is 0 Å². The number of carboxylic acids is 1. The molecular formula is C16H21NO3. The molecule has 1 aromatic carbocycles. The number of likely N-dealkylation sites (tertiary alicyclic amines) is 1. The van der Waals surface area contributed by atoms with Crippen molar-refractivity contribution in [1.82, 2.24) is 4.90 Å². The summed E-state index contributed by atoms with van der Waals surface area (Å²) in [5.41, 5.74) is 2.12. The molecule has 108 valence electrons. The fourth-order valence-corrected chi connectivity index (χ4v) is 2.57. The van der Waals surface area contributed by atoms with Gasteiger partial charge in [0.05, 0.1) is 6.10 Å². The second-order valence-electron chi connectivity index (χ2n) is 5.15. The zero-order valence-electron chi connectivity index (χ0n) is 11.8. The van der Waals surface area contributed by atoms with Gasteiger partial charge in [-0.05, 0) is 36.6 Å². The molecule has 20 heavy (non-hydrogen) atoms. The first-order chi connectivity index (χ1) is 9.67. The van der Waals surface area contributed by atoms with E-state index in [-0.39, 0.29) is 0 Å². The molecule has 0 saturated carbocycles. The Labute approximate surface area is 119 Å². The molecule has 1 saturated heterocycles. The summed E-state index contributed by atoms with van der Waals surface area (Å²) < 4.78 is 5.43. The van der Waals surface area contributed by atoms with E-state index in [4.69, 9.17) is 9.84 Å². The standard InChI is InChI=1S/C16H21NO3/c1-20-15-6-3-9-17(12-15)11-14-5-2-4-13(10-14)7-8-16(18)19/h2,4-5,7-8,10,15H,3,6,9,11-12H2,1H3,(H,18,19)/b8-7+. The van der Waals surface area contributed by atoms with Crippen molar-refractivity contribution >= 4 is 12.0 Å². The van der Waals surface area contributed by atoms with E-state index < -0.39 is 5.97 Å². The fraction of sp³-hybridized carbons (Fsp3) is 0.438. The molecule has 2 rings (SSSR count). The third-order valence-electron chi connectivity index (χ3n) is 3.57. The Morgan fingerprint density at radius 3 is 3.15 bits per heavy atom. The minimum atomic E-state index is -0.922. The van der Waals surface area contributed by atoms with E-state index in [0.29, 0.717) is 6.10 Å². The van der Waals surface area contributed by atoms with Crippen molar-refractivity contribution < 1.29 is 14.6 Å². The van der Waals surface area contributed by atoms with Gasteiger partial charge in [0.25, 0.3) is 0 Å². The van der Waals surface area contributed by atoms with E-state index in [9.17, 15) is 4.79 Å². The van der Waals surface area contributed by atoms with Gasteiger partial charge in [-0.1, -0.05) is 24.3 Å². The van der Waals surface area contributed by atoms with Crippen LogP contribution in [-0.2, 0) is 16.1 Å². The van der Waals surface area contributed by atoms with Crippen LogP contribution in [0.1, 0.15) is 24.0 Å². The number of hydrogen-bond donors (Lipinski definition) is 1. The van der Waals surface area contributed by atoms with Crippen LogP contribution in [0.15, 0.2) is 30.3 Å². The largest absolute Gasteiger partial charge is 0.478 e. The van der Waals surface area contributed by atoms with Crippen LogP contribution in [0, 0.1) is 0 Å². The van der Waals surface area contributed by atoms with Gasteiger partial charge in [-0.3, -0.25) is 4.90 Å². The molecule has 1 heterocycles. The molecule has 1 aromatic rings. The Morgan fingerprint density at radius 1 is 1.55 bits per heavy atom. The number of rotatable bonds is 5. The summed E-state index contributed by atoms with van der Waals surface area (Å²) in [5.74, 6) is -0.922. The van der Waals surface area contributed by atoms with Crippen LogP contribution in [0.5, 0.6) is 0 Å². The highest BCUT2D eigenvalue weighted by atomic mass is 16.5. The lowest BCUT2D eigenvalue weighted by molar-refractivity contribution is -0.131. The summed E-state index contributed by atoms with van der Waals surface area (Å²) in [5, 5.41) is 8.65. The molecule has 4 nitrogen and oxygen atoms in total. The number of ether oxygens (including phenoxy) is 1. The highest BCUT2D eigenvalue weighted by Crippen LogP contribution is 2.16. The first-order valence-corrected chi connectivity index (χ1v) is 6.92. The molecule has 0 bridgehead atoms. The SMILES string of the molecule is COC1CCCN(Cc2cccc(/C=C/C(=O)O)c2)C1. The van der Waals surface area contributed by atoms with Crippen molar-refractivity contribution in [3.8, 4) is 0 Å². The van der Waals surface area contributed by atoms with Gasteiger partial charge in [0.1, 0.15) is 0 Å². The highest BCUT2D eigenvalue weighted by Gasteiger charge is 2.19. The average Bonchev–Trinajstić information content (AvgIpc) is 2.46. The Bertz CT molecular complexity index is 484. The molecular weight excluding hydrogens is 254 g/mol. The molecule has 0 radical (unpaired) electrons. The van der Waals surface area contributed by atoms with E-state index in [2.05, 4.69) is 11.0 Å². The van der Waals surface area contributed by atoms with E-state index in [0.717, 1.165) is 38.0 Å². The quantitative estimate of drug-likeness (QED) is 0.838. The van der Waals surface area contributed by atoms with Crippen LogP contribution < -0.4 is 0 Å². The van der Waals surface area contributed by atoms with Crippen molar-refractivity contribution in [3.05, 3.63) is 41.5 Å². The number of carboxylic acid groups (broad SMARTS) is 1. The molecule has 0 amide bonds. The zero-order chi connectivity index (χ0) is 14.4. The van der Waals surface area contributed by atoms with E-state index in [1.165, 1.54) is 11.6 Å². The minimum Gasteiger partial charge on any atom is -0.478 e. The Morgan fingerprint density at radius 2 is 2.40 bits per heavy atom. The summed E-state index contributed by atoms with van der Waals surface area (Å²) in [6, 6.07) is 8.00. The average molecular weight is 275 g/mol. The predicted octanol–water partition coefficient (Wildman–Crippen LogP) is 2.40. The molecule has 1 unspecified atom stereocenters. The third-order valence-corrected chi connectivity index (χ3v) is 3.57. The lowest BCUT2D eigenvalue weighted by Gasteiger charge is -2.31. The summed E-state index contributed by atoms with van der Waals surface area (Å²) in [6.45, 7) is 2.94. The second-order valence-corrected chi connectivity index (χ2v) is 5.15. The van der Waals surface area contributed by atoms with Crippen molar-refractivity contribution in [2.75, 3.05) is 20.2 Å². The lowest BCUT2D eigenvalue weighted by Crippen LogP contribution is -2.38. The number of hydrogen-bond acceptors (Lipinski definition) is 3. The maximum Gasteiger partial charge on any atom is 0.328 e. The molecule has 0 aromatic heterocycles.